The summed E-state index contributed by atoms with van der Waals surface area (Å²) >= 11 is 0. The Morgan fingerprint density at radius 3 is 2.93 bits per heavy atom. The van der Waals surface area contributed by atoms with Gasteiger partial charge in [0, 0.05) is 25.1 Å². The van der Waals surface area contributed by atoms with Gasteiger partial charge in [0.15, 0.2) is 11.5 Å². The lowest BCUT2D eigenvalue weighted by molar-refractivity contribution is 0.0689. The van der Waals surface area contributed by atoms with E-state index in [1.54, 1.807) is 24.3 Å². The molecule has 0 atom stereocenters. The number of hydrogen-bond donors (Lipinski definition) is 0. The topological polar surface area (TPSA) is 114 Å². The number of aryl methyl sites for hydroxylation is 1. The average molecular weight is 391 g/mol. The Morgan fingerprint density at radius 2 is 2.17 bits per heavy atom. The molecule has 9 heteroatoms. The van der Waals surface area contributed by atoms with Gasteiger partial charge in [0.25, 0.3) is 11.8 Å². The second kappa shape index (κ2) is 8.22. The Hall–Kier alpha value is -3.54. The number of carbonyl (C=O) groups is 1. The lowest BCUT2D eigenvalue weighted by Crippen LogP contribution is -2.39. The highest BCUT2D eigenvalue weighted by Gasteiger charge is 2.26. The summed E-state index contributed by atoms with van der Waals surface area (Å²) in [5.41, 5.74) is 1.60. The maximum atomic E-state index is 12.7. The predicted octanol–water partition coefficient (Wildman–Crippen LogP) is 2.63. The molecule has 0 spiro atoms. The van der Waals surface area contributed by atoms with Crippen LogP contribution in [0.15, 0.2) is 35.0 Å². The van der Waals surface area contributed by atoms with Gasteiger partial charge in [0.05, 0.1) is 23.9 Å². The first-order valence-electron chi connectivity index (χ1n) is 9.72. The van der Waals surface area contributed by atoms with Crippen molar-refractivity contribution in [2.45, 2.75) is 38.6 Å². The van der Waals surface area contributed by atoms with E-state index in [1.807, 2.05) is 15.8 Å². The first kappa shape index (κ1) is 18.8. The predicted molar refractivity (Wildman–Crippen MR) is 103 cm³/mol. The highest BCUT2D eigenvalue weighted by Crippen LogP contribution is 2.25. The third-order valence-electron chi connectivity index (χ3n) is 5.04. The molecule has 4 rings (SSSR count). The van der Waals surface area contributed by atoms with Crippen molar-refractivity contribution in [1.82, 2.24) is 30.0 Å². The minimum absolute atomic E-state index is 0.0471. The largest absolute Gasteiger partial charge is 0.338 e. The molecule has 0 saturated carbocycles. The highest BCUT2D eigenvalue weighted by atomic mass is 16.5. The summed E-state index contributed by atoms with van der Waals surface area (Å²) in [6.45, 7) is 3.30. The first-order chi connectivity index (χ1) is 14.2. The molecule has 0 unspecified atom stereocenters. The van der Waals surface area contributed by atoms with E-state index >= 15 is 0 Å². The molecule has 9 nitrogen and oxygen atoms in total. The first-order valence-corrected chi connectivity index (χ1v) is 9.72. The summed E-state index contributed by atoms with van der Waals surface area (Å²) in [6, 6.07) is 9.04. The highest BCUT2D eigenvalue weighted by molar-refractivity contribution is 5.94. The van der Waals surface area contributed by atoms with Crippen molar-refractivity contribution in [2.75, 3.05) is 13.1 Å². The lowest BCUT2D eigenvalue weighted by Gasteiger charge is -2.31. The Balaban J connectivity index is 1.39. The molecule has 1 fully saturated rings. The van der Waals surface area contributed by atoms with Crippen LogP contribution in [0.4, 0.5) is 0 Å². The average Bonchev–Trinajstić information content (AvgIpc) is 3.43. The fourth-order valence-electron chi connectivity index (χ4n) is 3.47. The van der Waals surface area contributed by atoms with E-state index in [1.165, 1.54) is 0 Å². The van der Waals surface area contributed by atoms with Crippen LogP contribution < -0.4 is 0 Å². The van der Waals surface area contributed by atoms with Gasteiger partial charge in [0.1, 0.15) is 0 Å². The monoisotopic (exact) mass is 391 g/mol. The number of amides is 1. The van der Waals surface area contributed by atoms with Crippen molar-refractivity contribution in [2.24, 2.45) is 0 Å². The summed E-state index contributed by atoms with van der Waals surface area (Å²) < 4.78 is 7.08. The van der Waals surface area contributed by atoms with Crippen molar-refractivity contribution < 1.29 is 9.32 Å². The van der Waals surface area contributed by atoms with E-state index in [-0.39, 0.29) is 11.9 Å². The zero-order chi connectivity index (χ0) is 20.2. The summed E-state index contributed by atoms with van der Waals surface area (Å²) in [5.74, 6) is 1.00. The smallest absolute Gasteiger partial charge is 0.280 e. The number of likely N-dealkylation sites (tertiary alicyclic amines) is 1. The van der Waals surface area contributed by atoms with Gasteiger partial charge < -0.3 is 9.42 Å². The van der Waals surface area contributed by atoms with Crippen molar-refractivity contribution in [3.05, 3.63) is 47.4 Å². The molecule has 2 aromatic heterocycles. The van der Waals surface area contributed by atoms with Gasteiger partial charge in [-0.15, -0.1) is 5.10 Å². The molecule has 0 radical (unpaired) electrons. The Kier molecular flexibility index (Phi) is 5.33. The van der Waals surface area contributed by atoms with Crippen molar-refractivity contribution in [1.29, 1.82) is 5.26 Å². The number of aromatic nitrogens is 5. The standard InChI is InChI=1S/C20H21N7O2/c1-2-4-18-22-19(29-24-18)17-13-27(25-23-17)16-7-9-26(10-8-16)20(28)15-6-3-5-14(11-15)12-21/h3,5-6,11,13,16H,2,4,7-10H2,1H3. The van der Waals surface area contributed by atoms with Crippen LogP contribution in [0.1, 0.15) is 54.0 Å². The molecule has 3 heterocycles. The zero-order valence-corrected chi connectivity index (χ0v) is 16.2. The van der Waals surface area contributed by atoms with Gasteiger partial charge in [-0.2, -0.15) is 10.2 Å². The second-order valence-corrected chi connectivity index (χ2v) is 7.07. The number of nitrogens with zero attached hydrogens (tertiary/aromatic N) is 7. The molecule has 0 aliphatic carbocycles. The quantitative estimate of drug-likeness (QED) is 0.657. The number of rotatable bonds is 5. The molecule has 0 bridgehead atoms. The van der Waals surface area contributed by atoms with Crippen LogP contribution in [0.5, 0.6) is 0 Å². The van der Waals surface area contributed by atoms with Crippen LogP contribution in [-0.4, -0.2) is 49.0 Å². The number of carbonyl (C=O) groups excluding carboxylic acids is 1. The summed E-state index contributed by atoms with van der Waals surface area (Å²) in [4.78, 5) is 18.9. The van der Waals surface area contributed by atoms with Crippen LogP contribution in [-0.2, 0) is 6.42 Å². The molecule has 29 heavy (non-hydrogen) atoms. The third-order valence-corrected chi connectivity index (χ3v) is 5.04. The van der Waals surface area contributed by atoms with Crippen LogP contribution in [0, 0.1) is 11.3 Å². The van der Waals surface area contributed by atoms with Gasteiger partial charge in [0.2, 0.25) is 0 Å². The minimum Gasteiger partial charge on any atom is -0.338 e. The fourth-order valence-corrected chi connectivity index (χ4v) is 3.47. The van der Waals surface area contributed by atoms with Crippen LogP contribution in [0.25, 0.3) is 11.6 Å². The lowest BCUT2D eigenvalue weighted by atomic mass is 10.0. The van der Waals surface area contributed by atoms with E-state index in [0.717, 1.165) is 25.7 Å². The summed E-state index contributed by atoms with van der Waals surface area (Å²) in [5, 5.41) is 21.4. The summed E-state index contributed by atoms with van der Waals surface area (Å²) in [6.07, 6.45) is 5.09. The maximum Gasteiger partial charge on any atom is 0.280 e. The number of benzene rings is 1. The zero-order valence-electron chi connectivity index (χ0n) is 16.2. The molecule has 1 amide bonds. The van der Waals surface area contributed by atoms with E-state index < -0.39 is 0 Å². The van der Waals surface area contributed by atoms with Gasteiger partial charge in [-0.1, -0.05) is 23.4 Å². The van der Waals surface area contributed by atoms with Crippen LogP contribution >= 0.6 is 0 Å². The Morgan fingerprint density at radius 1 is 1.34 bits per heavy atom. The number of nitriles is 1. The fraction of sp³-hybridized carbons (Fsp3) is 0.400. The Bertz CT molecular complexity index is 1040. The molecule has 1 saturated heterocycles. The van der Waals surface area contributed by atoms with E-state index in [0.29, 0.717) is 41.6 Å². The molecular weight excluding hydrogens is 370 g/mol. The third kappa shape index (κ3) is 4.01. The number of hydrogen-bond acceptors (Lipinski definition) is 7. The summed E-state index contributed by atoms with van der Waals surface area (Å²) in [7, 11) is 0. The minimum atomic E-state index is -0.0471. The Labute approximate surface area is 167 Å². The SMILES string of the molecule is CCCc1noc(-c2cn(C3CCN(C(=O)c4cccc(C#N)c4)CC3)nn2)n1. The van der Waals surface area contributed by atoms with E-state index in [9.17, 15) is 4.79 Å². The van der Waals surface area contributed by atoms with Crippen molar-refractivity contribution in [3.63, 3.8) is 0 Å². The van der Waals surface area contributed by atoms with E-state index in [4.69, 9.17) is 9.78 Å². The van der Waals surface area contributed by atoms with Gasteiger partial charge >= 0.3 is 0 Å². The molecule has 3 aromatic rings. The van der Waals surface area contributed by atoms with Crippen LogP contribution in [0.2, 0.25) is 0 Å². The van der Waals surface area contributed by atoms with E-state index in [2.05, 4.69) is 33.4 Å². The van der Waals surface area contributed by atoms with Gasteiger partial charge in [-0.25, -0.2) is 4.68 Å². The van der Waals surface area contributed by atoms with Gasteiger partial charge in [-0.05, 0) is 37.5 Å². The normalized spacial score (nSPS) is 14.7. The molecule has 1 aliphatic heterocycles. The number of piperidine rings is 1. The second-order valence-electron chi connectivity index (χ2n) is 7.07. The molecule has 0 N–H and O–H groups in total. The van der Waals surface area contributed by atoms with Crippen molar-refractivity contribution >= 4 is 5.91 Å². The van der Waals surface area contributed by atoms with Gasteiger partial charge in [-0.3, -0.25) is 4.79 Å². The van der Waals surface area contributed by atoms with Crippen LogP contribution in [0.3, 0.4) is 0 Å². The molecular formula is C20H21N7O2. The maximum absolute atomic E-state index is 12.7. The van der Waals surface area contributed by atoms with Crippen molar-refractivity contribution in [3.8, 4) is 17.7 Å². The molecule has 148 valence electrons. The molecule has 1 aliphatic rings. The molecule has 1 aromatic carbocycles.